The molecule has 0 radical (unpaired) electrons. The lowest BCUT2D eigenvalue weighted by molar-refractivity contribution is -0.121. The Morgan fingerprint density at radius 2 is 1.88 bits per heavy atom. The fourth-order valence-electron chi connectivity index (χ4n) is 3.87. The summed E-state index contributed by atoms with van der Waals surface area (Å²) in [6.45, 7) is 5.34. The first-order valence-corrected chi connectivity index (χ1v) is 11.8. The molecule has 8 nitrogen and oxygen atoms in total. The number of carbonyl (C=O) groups is 1. The predicted molar refractivity (Wildman–Crippen MR) is 132 cm³/mol. The van der Waals surface area contributed by atoms with Gasteiger partial charge in [-0.1, -0.05) is 41.9 Å². The molecule has 2 heterocycles. The quantitative estimate of drug-likeness (QED) is 0.348. The van der Waals surface area contributed by atoms with E-state index in [1.54, 1.807) is 16.7 Å². The fourth-order valence-corrected chi connectivity index (χ4v) is 4.07. The Morgan fingerprint density at radius 3 is 2.68 bits per heavy atom. The summed E-state index contributed by atoms with van der Waals surface area (Å²) in [6.07, 6.45) is 1.44. The summed E-state index contributed by atoms with van der Waals surface area (Å²) in [5.74, 6) is 0.992. The van der Waals surface area contributed by atoms with E-state index in [2.05, 4.69) is 15.5 Å². The average molecular weight is 482 g/mol. The highest BCUT2D eigenvalue weighted by Gasteiger charge is 2.17. The Labute approximate surface area is 202 Å². The van der Waals surface area contributed by atoms with Gasteiger partial charge in [0.05, 0.1) is 17.0 Å². The van der Waals surface area contributed by atoms with Gasteiger partial charge < -0.3 is 10.1 Å². The maximum Gasteiger partial charge on any atom is 0.262 e. The molecule has 1 N–H and O–H groups in total. The van der Waals surface area contributed by atoms with Crippen molar-refractivity contribution < 1.29 is 9.53 Å². The number of hydrogen-bond donors (Lipinski definition) is 1. The molecule has 9 heteroatoms. The lowest BCUT2D eigenvalue weighted by Gasteiger charge is -2.12. The number of ether oxygens (including phenoxy) is 1. The molecule has 4 aromatic rings. The highest BCUT2D eigenvalue weighted by Crippen LogP contribution is 2.17. The van der Waals surface area contributed by atoms with Gasteiger partial charge in [-0.3, -0.25) is 18.6 Å². The van der Waals surface area contributed by atoms with Gasteiger partial charge in [-0.25, -0.2) is 0 Å². The van der Waals surface area contributed by atoms with Gasteiger partial charge in [-0.15, -0.1) is 10.2 Å². The Kier molecular flexibility index (Phi) is 7.59. The van der Waals surface area contributed by atoms with Gasteiger partial charge in [0, 0.05) is 37.6 Å². The van der Waals surface area contributed by atoms with Crippen LogP contribution in [-0.4, -0.2) is 37.8 Å². The van der Waals surface area contributed by atoms with Crippen LogP contribution in [0, 0.1) is 0 Å². The van der Waals surface area contributed by atoms with Crippen molar-refractivity contribution in [3.8, 4) is 0 Å². The van der Waals surface area contributed by atoms with Crippen molar-refractivity contribution in [2.45, 2.75) is 52.3 Å². The van der Waals surface area contributed by atoms with Crippen LogP contribution in [0.3, 0.4) is 0 Å². The Balaban J connectivity index is 1.54. The number of hydrogen-bond acceptors (Lipinski definition) is 5. The number of benzene rings is 2. The van der Waals surface area contributed by atoms with E-state index in [1.807, 2.05) is 54.6 Å². The van der Waals surface area contributed by atoms with Gasteiger partial charge in [-0.05, 0) is 44.0 Å². The van der Waals surface area contributed by atoms with Crippen LogP contribution in [0.2, 0.25) is 5.02 Å². The fraction of sp³-hybridized carbons (Fsp3) is 0.360. The van der Waals surface area contributed by atoms with Crippen molar-refractivity contribution in [2.75, 3.05) is 6.61 Å². The maximum atomic E-state index is 13.2. The highest BCUT2D eigenvalue weighted by molar-refractivity contribution is 6.31. The molecule has 0 aliphatic heterocycles. The Bertz CT molecular complexity index is 1360. The van der Waals surface area contributed by atoms with E-state index in [4.69, 9.17) is 16.3 Å². The number of halogens is 1. The molecule has 0 spiro atoms. The first-order chi connectivity index (χ1) is 16.5. The van der Waals surface area contributed by atoms with E-state index in [-0.39, 0.29) is 24.0 Å². The van der Waals surface area contributed by atoms with E-state index in [1.165, 1.54) is 0 Å². The zero-order valence-electron chi connectivity index (χ0n) is 19.3. The molecule has 4 rings (SSSR count). The Hall–Kier alpha value is -3.23. The summed E-state index contributed by atoms with van der Waals surface area (Å²) in [6, 6.07) is 14.8. The van der Waals surface area contributed by atoms with Gasteiger partial charge >= 0.3 is 0 Å². The lowest BCUT2D eigenvalue weighted by atomic mass is 10.2. The van der Waals surface area contributed by atoms with Gasteiger partial charge in [-0.2, -0.15) is 0 Å². The molecule has 0 unspecified atom stereocenters. The van der Waals surface area contributed by atoms with Gasteiger partial charge in [0.25, 0.3) is 5.56 Å². The summed E-state index contributed by atoms with van der Waals surface area (Å²) in [4.78, 5) is 25.7. The number of carbonyl (C=O) groups excluding carboxylic acids is 1. The van der Waals surface area contributed by atoms with Crippen molar-refractivity contribution in [3.05, 3.63) is 75.3 Å². The second-order valence-electron chi connectivity index (χ2n) is 8.37. The molecular weight excluding hydrogens is 454 g/mol. The number of fused-ring (bicyclic) bond motifs is 3. The standard InChI is InChI=1S/C25H28ClN5O3/c1-17(2)34-15-7-14-30-24(33)19-9-4-6-11-21(19)31-22(28-29-25(30)31)12-13-23(32)27-16-18-8-3-5-10-20(18)26/h3-6,8-11,17H,7,12-16H2,1-2H3,(H,27,32). The topological polar surface area (TPSA) is 90.5 Å². The number of para-hydroxylation sites is 1. The van der Waals surface area contributed by atoms with E-state index in [9.17, 15) is 9.59 Å². The second-order valence-corrected chi connectivity index (χ2v) is 8.77. The second kappa shape index (κ2) is 10.8. The highest BCUT2D eigenvalue weighted by atomic mass is 35.5. The third-order valence-corrected chi connectivity index (χ3v) is 5.93. The summed E-state index contributed by atoms with van der Waals surface area (Å²) in [5.41, 5.74) is 1.49. The molecule has 2 aromatic carbocycles. The minimum absolute atomic E-state index is 0.107. The van der Waals surface area contributed by atoms with Crippen molar-refractivity contribution >= 4 is 34.2 Å². The zero-order valence-corrected chi connectivity index (χ0v) is 20.1. The summed E-state index contributed by atoms with van der Waals surface area (Å²) in [5, 5.41) is 12.7. The van der Waals surface area contributed by atoms with E-state index < -0.39 is 0 Å². The van der Waals surface area contributed by atoms with Crippen LogP contribution < -0.4 is 10.9 Å². The SMILES string of the molecule is CC(C)OCCCn1c(=O)c2ccccc2n2c(CCC(=O)NCc3ccccc3Cl)nnc12. The van der Waals surface area contributed by atoms with Crippen LogP contribution in [0.15, 0.2) is 53.3 Å². The van der Waals surface area contributed by atoms with Crippen LogP contribution in [0.25, 0.3) is 16.7 Å². The molecule has 34 heavy (non-hydrogen) atoms. The minimum atomic E-state index is -0.111. The van der Waals surface area contributed by atoms with Gasteiger partial charge in [0.1, 0.15) is 5.82 Å². The smallest absolute Gasteiger partial charge is 0.262 e. The van der Waals surface area contributed by atoms with Crippen LogP contribution in [0.4, 0.5) is 0 Å². The van der Waals surface area contributed by atoms with Crippen molar-refractivity contribution in [2.24, 2.45) is 0 Å². The van der Waals surface area contributed by atoms with Crippen LogP contribution in [-0.2, 0) is 29.0 Å². The lowest BCUT2D eigenvalue weighted by Crippen LogP contribution is -2.25. The monoisotopic (exact) mass is 481 g/mol. The molecule has 0 atom stereocenters. The number of nitrogens with one attached hydrogen (secondary N) is 1. The molecule has 2 aromatic heterocycles. The maximum absolute atomic E-state index is 13.2. The molecular formula is C25H28ClN5O3. The van der Waals surface area contributed by atoms with E-state index in [0.717, 1.165) is 11.1 Å². The number of rotatable bonds is 10. The number of amides is 1. The van der Waals surface area contributed by atoms with Gasteiger partial charge in [0.2, 0.25) is 11.7 Å². The largest absolute Gasteiger partial charge is 0.379 e. The summed E-state index contributed by atoms with van der Waals surface area (Å²) in [7, 11) is 0. The number of aromatic nitrogens is 4. The van der Waals surface area contributed by atoms with Crippen LogP contribution in [0.5, 0.6) is 0 Å². The average Bonchev–Trinajstić information content (AvgIpc) is 3.25. The zero-order chi connectivity index (χ0) is 24.1. The molecule has 0 saturated heterocycles. The molecule has 0 fully saturated rings. The predicted octanol–water partition coefficient (Wildman–Crippen LogP) is 3.76. The summed E-state index contributed by atoms with van der Waals surface area (Å²) < 4.78 is 9.14. The van der Waals surface area contributed by atoms with Crippen LogP contribution >= 0.6 is 11.6 Å². The third-order valence-electron chi connectivity index (χ3n) is 5.56. The molecule has 0 saturated carbocycles. The first-order valence-electron chi connectivity index (χ1n) is 11.4. The minimum Gasteiger partial charge on any atom is -0.379 e. The van der Waals surface area contributed by atoms with Crippen molar-refractivity contribution in [1.29, 1.82) is 0 Å². The number of aryl methyl sites for hydroxylation is 2. The normalized spacial score (nSPS) is 11.5. The number of nitrogens with zero attached hydrogens (tertiary/aromatic N) is 4. The van der Waals surface area contributed by atoms with Crippen LogP contribution in [0.1, 0.15) is 38.1 Å². The van der Waals surface area contributed by atoms with E-state index in [0.29, 0.717) is 54.5 Å². The molecule has 0 bridgehead atoms. The van der Waals surface area contributed by atoms with Crippen molar-refractivity contribution in [3.63, 3.8) is 0 Å². The molecule has 0 aliphatic carbocycles. The van der Waals surface area contributed by atoms with E-state index >= 15 is 0 Å². The molecule has 0 aliphatic rings. The van der Waals surface area contributed by atoms with Gasteiger partial charge in [0.15, 0.2) is 0 Å². The summed E-state index contributed by atoms with van der Waals surface area (Å²) >= 11 is 6.17. The Morgan fingerprint density at radius 1 is 1.12 bits per heavy atom. The first kappa shape index (κ1) is 23.9. The third kappa shape index (κ3) is 5.29. The molecule has 1 amide bonds. The van der Waals surface area contributed by atoms with Crippen molar-refractivity contribution in [1.82, 2.24) is 24.5 Å². The molecule has 178 valence electrons.